The highest BCUT2D eigenvalue weighted by Crippen LogP contribution is 2.32. The summed E-state index contributed by atoms with van der Waals surface area (Å²) in [6, 6.07) is 6.35. The van der Waals surface area contributed by atoms with Gasteiger partial charge in [-0.1, -0.05) is 34.6 Å². The molecule has 2 rings (SSSR count). The van der Waals surface area contributed by atoms with Crippen LogP contribution in [-0.4, -0.2) is 15.9 Å². The molecule has 0 saturated heterocycles. The zero-order valence-corrected chi connectivity index (χ0v) is 13.2. The lowest BCUT2D eigenvalue weighted by atomic mass is 10.2. The summed E-state index contributed by atoms with van der Waals surface area (Å²) in [5.41, 5.74) is 1.29. The summed E-state index contributed by atoms with van der Waals surface area (Å²) in [5, 5.41) is 3.43. The van der Waals surface area contributed by atoms with Gasteiger partial charge >= 0.3 is 0 Å². The van der Waals surface area contributed by atoms with Gasteiger partial charge in [-0.3, -0.25) is 0 Å². The maximum absolute atomic E-state index is 4.21. The molecule has 0 fully saturated rings. The lowest BCUT2D eigenvalue weighted by Crippen LogP contribution is -2.14. The van der Waals surface area contributed by atoms with E-state index in [1.807, 2.05) is 0 Å². The molecule has 1 aromatic carbocycles. The van der Waals surface area contributed by atoms with Crippen molar-refractivity contribution in [3.05, 3.63) is 34.6 Å². The smallest absolute Gasteiger partial charge is 0.174 e. The Morgan fingerprint density at radius 2 is 2.33 bits per heavy atom. The van der Waals surface area contributed by atoms with Crippen molar-refractivity contribution in [1.82, 2.24) is 14.7 Å². The molecule has 1 N–H and O–H groups in total. The van der Waals surface area contributed by atoms with E-state index < -0.39 is 0 Å². The fourth-order valence-corrected chi connectivity index (χ4v) is 3.41. The topological polar surface area (TPSA) is 37.8 Å². The van der Waals surface area contributed by atoms with Crippen LogP contribution >= 0.6 is 39.2 Å². The van der Waals surface area contributed by atoms with Crippen LogP contribution in [0.4, 0.5) is 0 Å². The van der Waals surface area contributed by atoms with E-state index in [1.54, 1.807) is 18.1 Å². The third kappa shape index (κ3) is 4.05. The molecule has 0 bridgehead atoms. The van der Waals surface area contributed by atoms with Gasteiger partial charge in [-0.15, -0.1) is 0 Å². The summed E-state index contributed by atoms with van der Waals surface area (Å²) in [7, 11) is 0. The van der Waals surface area contributed by atoms with Crippen LogP contribution in [0.1, 0.15) is 18.9 Å². The van der Waals surface area contributed by atoms with Gasteiger partial charge in [0.2, 0.25) is 0 Å². The molecule has 0 aliphatic carbocycles. The van der Waals surface area contributed by atoms with E-state index in [-0.39, 0.29) is 0 Å². The minimum atomic E-state index is 0.883. The Morgan fingerprint density at radius 3 is 3.06 bits per heavy atom. The number of benzene rings is 1. The number of hydrogen-bond acceptors (Lipinski definition) is 5. The molecule has 0 unspecified atom stereocenters. The molecule has 0 aliphatic rings. The highest BCUT2D eigenvalue weighted by Gasteiger charge is 2.07. The van der Waals surface area contributed by atoms with Crippen molar-refractivity contribution in [1.29, 1.82) is 0 Å². The van der Waals surface area contributed by atoms with Crippen molar-refractivity contribution in [3.63, 3.8) is 0 Å². The molecule has 0 radical (unpaired) electrons. The zero-order chi connectivity index (χ0) is 12.8. The average molecular weight is 344 g/mol. The first kappa shape index (κ1) is 14.0. The van der Waals surface area contributed by atoms with Crippen LogP contribution in [0.3, 0.4) is 0 Å². The third-order valence-electron chi connectivity index (χ3n) is 2.30. The van der Waals surface area contributed by atoms with Gasteiger partial charge in [0, 0.05) is 15.9 Å². The van der Waals surface area contributed by atoms with Crippen LogP contribution in [0.2, 0.25) is 0 Å². The number of nitrogens with zero attached hydrogens (tertiary/aromatic N) is 2. The summed E-state index contributed by atoms with van der Waals surface area (Å²) < 4.78 is 6.12. The molecule has 2 aromatic rings. The molecule has 0 amide bonds. The number of nitrogens with one attached hydrogen (secondary N) is 1. The Hall–Kier alpha value is -0.430. The third-order valence-corrected chi connectivity index (χ3v) is 4.63. The lowest BCUT2D eigenvalue weighted by Gasteiger charge is -2.09. The molecule has 0 spiro atoms. The Kier molecular flexibility index (Phi) is 5.62. The van der Waals surface area contributed by atoms with Crippen LogP contribution in [0, 0.1) is 0 Å². The Labute approximate surface area is 124 Å². The Morgan fingerprint density at radius 1 is 1.44 bits per heavy atom. The molecule has 1 heterocycles. The van der Waals surface area contributed by atoms with Crippen molar-refractivity contribution in [2.24, 2.45) is 0 Å². The number of aromatic nitrogens is 2. The minimum Gasteiger partial charge on any atom is -0.313 e. The molecule has 0 aliphatic heterocycles. The second-order valence-corrected chi connectivity index (χ2v) is 6.72. The van der Waals surface area contributed by atoms with Gasteiger partial charge in [-0.2, -0.15) is 4.37 Å². The summed E-state index contributed by atoms with van der Waals surface area (Å²) >= 11 is 6.62. The standard InChI is InChI=1S/C12H14BrN3S2/c1-2-5-14-7-9-6-10(13)3-4-11(9)17-12-15-8-16-18-12/h3-4,6,8,14H,2,5,7H2,1H3. The van der Waals surface area contributed by atoms with E-state index in [9.17, 15) is 0 Å². The predicted octanol–water partition coefficient (Wildman–Crippen LogP) is 3.95. The van der Waals surface area contributed by atoms with Crippen LogP contribution in [0.15, 0.2) is 38.2 Å². The first-order valence-corrected chi connectivity index (χ1v) is 8.11. The molecule has 0 saturated carbocycles. The van der Waals surface area contributed by atoms with Crippen LogP contribution in [0.25, 0.3) is 0 Å². The van der Waals surface area contributed by atoms with E-state index in [2.05, 4.69) is 55.7 Å². The second-order valence-electron chi connectivity index (χ2n) is 3.74. The molecular formula is C12H14BrN3S2. The largest absolute Gasteiger partial charge is 0.313 e. The summed E-state index contributed by atoms with van der Waals surface area (Å²) in [5.74, 6) is 0. The molecule has 96 valence electrons. The van der Waals surface area contributed by atoms with Crippen LogP contribution in [0.5, 0.6) is 0 Å². The maximum atomic E-state index is 4.21. The summed E-state index contributed by atoms with van der Waals surface area (Å²) in [6.45, 7) is 4.09. The SMILES string of the molecule is CCCNCc1cc(Br)ccc1Sc1ncns1. The predicted molar refractivity (Wildman–Crippen MR) is 80.2 cm³/mol. The number of halogens is 1. The Bertz CT molecular complexity index is 488. The normalized spacial score (nSPS) is 10.8. The molecule has 6 heteroatoms. The van der Waals surface area contributed by atoms with Crippen LogP contribution < -0.4 is 5.32 Å². The highest BCUT2D eigenvalue weighted by atomic mass is 79.9. The van der Waals surface area contributed by atoms with Crippen molar-refractivity contribution in [2.75, 3.05) is 6.54 Å². The van der Waals surface area contributed by atoms with Gasteiger partial charge in [0.15, 0.2) is 4.34 Å². The van der Waals surface area contributed by atoms with Crippen molar-refractivity contribution < 1.29 is 0 Å². The monoisotopic (exact) mass is 343 g/mol. The Balaban J connectivity index is 2.12. The minimum absolute atomic E-state index is 0.883. The quantitative estimate of drug-likeness (QED) is 0.805. The molecule has 3 nitrogen and oxygen atoms in total. The van der Waals surface area contributed by atoms with Gasteiger partial charge in [-0.05, 0) is 48.3 Å². The van der Waals surface area contributed by atoms with Crippen molar-refractivity contribution in [3.8, 4) is 0 Å². The molecule has 0 atom stereocenters. The van der Waals surface area contributed by atoms with Crippen molar-refractivity contribution in [2.45, 2.75) is 29.1 Å². The summed E-state index contributed by atoms with van der Waals surface area (Å²) in [4.78, 5) is 5.44. The van der Waals surface area contributed by atoms with E-state index in [4.69, 9.17) is 0 Å². The van der Waals surface area contributed by atoms with Gasteiger partial charge < -0.3 is 5.32 Å². The van der Waals surface area contributed by atoms with Gasteiger partial charge in [0.25, 0.3) is 0 Å². The number of hydrogen-bond donors (Lipinski definition) is 1. The average Bonchev–Trinajstić information content (AvgIpc) is 2.86. The lowest BCUT2D eigenvalue weighted by molar-refractivity contribution is 0.669. The van der Waals surface area contributed by atoms with Gasteiger partial charge in [0.05, 0.1) is 0 Å². The fourth-order valence-electron chi connectivity index (χ4n) is 1.49. The molecular weight excluding hydrogens is 330 g/mol. The van der Waals surface area contributed by atoms with E-state index in [1.165, 1.54) is 22.0 Å². The van der Waals surface area contributed by atoms with Gasteiger partial charge in [0.1, 0.15) is 6.33 Å². The highest BCUT2D eigenvalue weighted by molar-refractivity contribution is 9.10. The fraction of sp³-hybridized carbons (Fsp3) is 0.333. The van der Waals surface area contributed by atoms with Gasteiger partial charge in [-0.25, -0.2) is 4.98 Å². The number of rotatable bonds is 6. The van der Waals surface area contributed by atoms with Crippen LogP contribution in [-0.2, 0) is 6.54 Å². The first-order chi connectivity index (χ1) is 8.79. The second kappa shape index (κ2) is 7.23. The molecule has 1 aromatic heterocycles. The zero-order valence-electron chi connectivity index (χ0n) is 10.0. The first-order valence-electron chi connectivity index (χ1n) is 5.73. The molecule has 18 heavy (non-hydrogen) atoms. The van der Waals surface area contributed by atoms with E-state index in [0.29, 0.717) is 0 Å². The van der Waals surface area contributed by atoms with E-state index >= 15 is 0 Å². The summed E-state index contributed by atoms with van der Waals surface area (Å²) in [6.07, 6.45) is 2.74. The maximum Gasteiger partial charge on any atom is 0.174 e. The van der Waals surface area contributed by atoms with Crippen molar-refractivity contribution >= 4 is 39.2 Å². The van der Waals surface area contributed by atoms with E-state index in [0.717, 1.165) is 28.3 Å².